The summed E-state index contributed by atoms with van der Waals surface area (Å²) in [5.41, 5.74) is 1.51. The summed E-state index contributed by atoms with van der Waals surface area (Å²) in [5, 5.41) is 16.4. The average Bonchev–Trinajstić information content (AvgIpc) is 2.79. The third-order valence-corrected chi connectivity index (χ3v) is 4.66. The zero-order chi connectivity index (χ0) is 24.9. The van der Waals surface area contributed by atoms with E-state index in [0.29, 0.717) is 11.6 Å². The van der Waals surface area contributed by atoms with Crippen LogP contribution in [0, 0.1) is 0 Å². The van der Waals surface area contributed by atoms with Crippen LogP contribution in [0.3, 0.4) is 0 Å². The minimum atomic E-state index is -4.74. The van der Waals surface area contributed by atoms with E-state index in [0.717, 1.165) is 6.07 Å². The summed E-state index contributed by atoms with van der Waals surface area (Å²) in [4.78, 5) is 16.3. The molecule has 0 aliphatic rings. The van der Waals surface area contributed by atoms with E-state index in [1.165, 1.54) is 56.8 Å². The first-order chi connectivity index (χ1) is 16.1. The summed E-state index contributed by atoms with van der Waals surface area (Å²) in [6, 6.07) is 10.5. The first-order valence-corrected chi connectivity index (χ1v) is 9.89. The molecule has 0 aliphatic carbocycles. The van der Waals surface area contributed by atoms with Crippen LogP contribution in [0.15, 0.2) is 53.6 Å². The number of carbonyl (C=O) groups excluding carboxylic acids is 1. The molecule has 3 aromatic rings. The van der Waals surface area contributed by atoms with Gasteiger partial charge in [0.1, 0.15) is 17.3 Å². The van der Waals surface area contributed by atoms with Gasteiger partial charge in [-0.15, -0.1) is 0 Å². The van der Waals surface area contributed by atoms with Crippen molar-refractivity contribution in [1.29, 1.82) is 0 Å². The molecule has 0 radical (unpaired) electrons. The quantitative estimate of drug-likeness (QED) is 0.316. The topological polar surface area (TPSA) is 105 Å². The van der Waals surface area contributed by atoms with Gasteiger partial charge in [0, 0.05) is 5.02 Å². The predicted octanol–water partition coefficient (Wildman–Crippen LogP) is 4.98. The highest BCUT2D eigenvalue weighted by atomic mass is 35.5. The summed E-state index contributed by atoms with van der Waals surface area (Å²) < 4.78 is 49.9. The Balaban J connectivity index is 1.91. The van der Waals surface area contributed by atoms with Gasteiger partial charge < -0.3 is 19.9 Å². The molecule has 0 bridgehead atoms. The van der Waals surface area contributed by atoms with Crippen LogP contribution in [0.2, 0.25) is 5.02 Å². The number of aromatic nitrogens is 1. The molecule has 1 aromatic heterocycles. The van der Waals surface area contributed by atoms with Gasteiger partial charge in [0.15, 0.2) is 11.5 Å². The molecule has 0 saturated carbocycles. The van der Waals surface area contributed by atoms with Crippen LogP contribution in [0.5, 0.6) is 17.2 Å². The van der Waals surface area contributed by atoms with Crippen molar-refractivity contribution < 1.29 is 32.5 Å². The van der Waals surface area contributed by atoms with Gasteiger partial charge in [0.25, 0.3) is 5.91 Å². The number of rotatable bonds is 7. The Bertz CT molecular complexity index is 1240. The predicted molar refractivity (Wildman–Crippen MR) is 120 cm³/mol. The Kier molecular flexibility index (Phi) is 7.47. The van der Waals surface area contributed by atoms with E-state index in [2.05, 4.69) is 20.8 Å². The first-order valence-electron chi connectivity index (χ1n) is 9.51. The third-order valence-electron chi connectivity index (χ3n) is 4.43. The largest absolute Gasteiger partial charge is 0.504 e. The number of nitrogens with zero attached hydrogens (tertiary/aromatic N) is 2. The second-order valence-corrected chi connectivity index (χ2v) is 7.13. The summed E-state index contributed by atoms with van der Waals surface area (Å²) in [6.45, 7) is 0. The Morgan fingerprint density at radius 1 is 1.09 bits per heavy atom. The number of aromatic hydroxyl groups is 1. The molecule has 0 saturated heterocycles. The molecule has 0 fully saturated rings. The van der Waals surface area contributed by atoms with Crippen molar-refractivity contribution in [2.24, 2.45) is 5.10 Å². The minimum absolute atomic E-state index is 0.0772. The molecule has 1 heterocycles. The number of carbonyl (C=O) groups is 1. The van der Waals surface area contributed by atoms with E-state index in [1.807, 2.05) is 0 Å². The molecule has 12 heteroatoms. The van der Waals surface area contributed by atoms with E-state index in [1.54, 1.807) is 0 Å². The van der Waals surface area contributed by atoms with E-state index in [-0.39, 0.29) is 39.3 Å². The number of ether oxygens (including phenoxy) is 2. The van der Waals surface area contributed by atoms with Gasteiger partial charge in [-0.25, -0.2) is 10.4 Å². The zero-order valence-electron chi connectivity index (χ0n) is 17.8. The maximum absolute atomic E-state index is 13.2. The highest BCUT2D eigenvalue weighted by molar-refractivity contribution is 6.31. The maximum atomic E-state index is 13.2. The molecular formula is C22H18ClF3N4O4. The van der Waals surface area contributed by atoms with Crippen molar-refractivity contribution in [2.45, 2.75) is 6.18 Å². The van der Waals surface area contributed by atoms with Crippen LogP contribution in [0.25, 0.3) is 0 Å². The average molecular weight is 495 g/mol. The molecular weight excluding hydrogens is 477 g/mol. The van der Waals surface area contributed by atoms with Gasteiger partial charge in [-0.2, -0.15) is 18.3 Å². The molecule has 0 spiro atoms. The van der Waals surface area contributed by atoms with Crippen molar-refractivity contribution in [2.75, 3.05) is 19.5 Å². The van der Waals surface area contributed by atoms with Gasteiger partial charge in [0.2, 0.25) is 0 Å². The Hall–Kier alpha value is -3.99. The number of pyridine rings is 1. The molecule has 2 aromatic carbocycles. The van der Waals surface area contributed by atoms with Crippen LogP contribution in [0.1, 0.15) is 21.6 Å². The maximum Gasteiger partial charge on any atom is 0.433 e. The number of phenolic OH excluding ortho intramolecular Hbond substituents is 1. The molecule has 0 aliphatic heterocycles. The van der Waals surface area contributed by atoms with E-state index in [9.17, 15) is 23.1 Å². The molecule has 3 N–H and O–H groups in total. The van der Waals surface area contributed by atoms with Crippen LogP contribution >= 0.6 is 11.6 Å². The number of alkyl halides is 3. The fourth-order valence-corrected chi connectivity index (χ4v) is 2.97. The third kappa shape index (κ3) is 5.87. The number of benzene rings is 2. The monoisotopic (exact) mass is 494 g/mol. The lowest BCUT2D eigenvalue weighted by molar-refractivity contribution is -0.141. The van der Waals surface area contributed by atoms with E-state index >= 15 is 0 Å². The second-order valence-electron chi connectivity index (χ2n) is 6.69. The fourth-order valence-electron chi connectivity index (χ4n) is 2.80. The highest BCUT2D eigenvalue weighted by Gasteiger charge is 2.33. The van der Waals surface area contributed by atoms with Crippen molar-refractivity contribution in [3.05, 3.63) is 70.4 Å². The molecule has 0 atom stereocenters. The van der Waals surface area contributed by atoms with Crippen molar-refractivity contribution in [3.63, 3.8) is 0 Å². The first kappa shape index (κ1) is 24.6. The zero-order valence-corrected chi connectivity index (χ0v) is 18.5. The van der Waals surface area contributed by atoms with Crippen LogP contribution in [-0.2, 0) is 6.18 Å². The number of hydrogen-bond donors (Lipinski definition) is 3. The number of hydrazone groups is 1. The number of methoxy groups -OCH3 is 2. The van der Waals surface area contributed by atoms with E-state index in [4.69, 9.17) is 21.1 Å². The minimum Gasteiger partial charge on any atom is -0.504 e. The fraction of sp³-hybridized carbons (Fsp3) is 0.136. The number of amides is 1. The molecule has 8 nitrogen and oxygen atoms in total. The van der Waals surface area contributed by atoms with Gasteiger partial charge in [-0.3, -0.25) is 4.79 Å². The lowest BCUT2D eigenvalue weighted by Gasteiger charge is -2.15. The lowest BCUT2D eigenvalue weighted by atomic mass is 10.2. The van der Waals surface area contributed by atoms with Crippen LogP contribution in [-0.4, -0.2) is 36.4 Å². The van der Waals surface area contributed by atoms with Crippen molar-refractivity contribution in [1.82, 2.24) is 10.4 Å². The lowest BCUT2D eigenvalue weighted by Crippen LogP contribution is -2.21. The van der Waals surface area contributed by atoms with Gasteiger partial charge in [-0.1, -0.05) is 11.6 Å². The van der Waals surface area contributed by atoms with Gasteiger partial charge in [-0.05, 0) is 54.1 Å². The summed E-state index contributed by atoms with van der Waals surface area (Å²) in [5.74, 6) is -0.814. The SMILES string of the molecule is COc1cc(/C=N/NC(=O)c2ccc(C(F)(F)F)nc2Nc2cc(Cl)ccc2OC)ccc1O. The van der Waals surface area contributed by atoms with Crippen molar-refractivity contribution in [3.8, 4) is 17.2 Å². The van der Waals surface area contributed by atoms with Crippen molar-refractivity contribution >= 4 is 35.2 Å². The highest BCUT2D eigenvalue weighted by Crippen LogP contribution is 2.34. The Morgan fingerprint density at radius 2 is 1.82 bits per heavy atom. The summed E-state index contributed by atoms with van der Waals surface area (Å²) >= 11 is 5.99. The number of nitrogens with one attached hydrogen (secondary N) is 2. The molecule has 0 unspecified atom stereocenters. The standard InChI is InChI=1S/C22H18ClF3N4O4/c1-33-17-7-4-13(23)10-15(17)28-20-14(5-8-19(29-20)22(24,25)26)21(32)30-27-11-12-3-6-16(31)18(9-12)34-2/h3-11,31H,1-2H3,(H,28,29)(H,30,32)/b27-11+. The number of halogens is 4. The number of phenols is 1. The van der Waals surface area contributed by atoms with Gasteiger partial charge >= 0.3 is 6.18 Å². The second kappa shape index (κ2) is 10.3. The van der Waals surface area contributed by atoms with Crippen LogP contribution in [0.4, 0.5) is 24.7 Å². The Morgan fingerprint density at radius 3 is 2.50 bits per heavy atom. The van der Waals surface area contributed by atoms with Gasteiger partial charge in [0.05, 0.1) is 31.7 Å². The smallest absolute Gasteiger partial charge is 0.433 e. The molecule has 34 heavy (non-hydrogen) atoms. The van der Waals surface area contributed by atoms with Crippen LogP contribution < -0.4 is 20.2 Å². The number of hydrogen-bond acceptors (Lipinski definition) is 7. The van der Waals surface area contributed by atoms with E-state index < -0.39 is 17.8 Å². The molecule has 178 valence electrons. The molecule has 1 amide bonds. The molecule has 3 rings (SSSR count). The summed E-state index contributed by atoms with van der Waals surface area (Å²) in [6.07, 6.45) is -3.47. The normalized spacial score (nSPS) is 11.4. The Labute approximate surface area is 197 Å². The number of anilines is 2. The summed E-state index contributed by atoms with van der Waals surface area (Å²) in [7, 11) is 2.74.